The van der Waals surface area contributed by atoms with Gasteiger partial charge in [0.05, 0.1) is 22.3 Å². The van der Waals surface area contributed by atoms with Crippen molar-refractivity contribution in [3.05, 3.63) is 40.8 Å². The molecule has 216 valence electrons. The number of aromatic nitrogens is 5. The number of nitrogens with one attached hydrogen (secondary N) is 2. The number of carbonyl (C=O) groups excluding carboxylic acids is 1. The predicted molar refractivity (Wildman–Crippen MR) is 149 cm³/mol. The molecule has 2 N–H and O–H groups in total. The summed E-state index contributed by atoms with van der Waals surface area (Å²) in [5.74, 6) is -0.108. The molecular formula is C29H33F3N8O. The third-order valence-electron chi connectivity index (χ3n) is 9.17. The first-order chi connectivity index (χ1) is 19.8. The van der Waals surface area contributed by atoms with Crippen LogP contribution < -0.4 is 0 Å². The fourth-order valence-electron chi connectivity index (χ4n) is 6.97. The second kappa shape index (κ2) is 10.1. The van der Waals surface area contributed by atoms with E-state index in [2.05, 4.69) is 37.2 Å². The Bertz CT molecular complexity index is 1610. The minimum absolute atomic E-state index is 0.0376. The van der Waals surface area contributed by atoms with Crippen molar-refractivity contribution in [2.24, 2.45) is 0 Å². The molecule has 41 heavy (non-hydrogen) atoms. The van der Waals surface area contributed by atoms with E-state index >= 15 is 0 Å². The number of piperazine rings is 1. The Morgan fingerprint density at radius 2 is 1.68 bits per heavy atom. The molecule has 0 bridgehead atoms. The molecule has 1 aliphatic carbocycles. The third kappa shape index (κ3) is 4.57. The van der Waals surface area contributed by atoms with Gasteiger partial charge in [0.2, 0.25) is 0 Å². The van der Waals surface area contributed by atoms with E-state index in [4.69, 9.17) is 4.98 Å². The monoisotopic (exact) mass is 566 g/mol. The van der Waals surface area contributed by atoms with Crippen molar-refractivity contribution in [3.8, 4) is 11.3 Å². The summed E-state index contributed by atoms with van der Waals surface area (Å²) in [6, 6.07) is 4.11. The molecule has 4 aromatic rings. The first-order valence-corrected chi connectivity index (χ1v) is 14.5. The normalized spacial score (nSPS) is 19.8. The van der Waals surface area contributed by atoms with Gasteiger partial charge < -0.3 is 9.80 Å². The highest BCUT2D eigenvalue weighted by molar-refractivity contribution is 6.17. The Kier molecular flexibility index (Phi) is 6.50. The molecule has 2 saturated heterocycles. The van der Waals surface area contributed by atoms with E-state index < -0.39 is 11.9 Å². The average molecular weight is 567 g/mol. The summed E-state index contributed by atoms with van der Waals surface area (Å²) in [5, 5.41) is 15.0. The smallest absolute Gasteiger partial charge is 0.337 e. The van der Waals surface area contributed by atoms with E-state index in [1.165, 1.54) is 6.20 Å². The van der Waals surface area contributed by atoms with Crippen LogP contribution in [0.3, 0.4) is 0 Å². The van der Waals surface area contributed by atoms with Gasteiger partial charge in [0, 0.05) is 62.3 Å². The van der Waals surface area contributed by atoms with E-state index in [0.717, 1.165) is 73.9 Å². The first-order valence-electron chi connectivity index (χ1n) is 14.5. The number of amides is 1. The van der Waals surface area contributed by atoms with Gasteiger partial charge in [-0.15, -0.1) is 0 Å². The Balaban J connectivity index is 1.26. The number of likely N-dealkylation sites (N-methyl/N-ethyl adjacent to an activating group) is 1. The van der Waals surface area contributed by atoms with Gasteiger partial charge in [0.15, 0.2) is 11.4 Å². The number of hydrogen-bond acceptors (Lipinski definition) is 6. The predicted octanol–water partition coefficient (Wildman–Crippen LogP) is 4.25. The number of likely N-dealkylation sites (tertiary alicyclic amines) is 1. The molecule has 7 rings (SSSR count). The molecule has 12 heteroatoms. The molecule has 1 amide bonds. The highest BCUT2D eigenvalue weighted by Crippen LogP contribution is 2.42. The van der Waals surface area contributed by atoms with Gasteiger partial charge in [-0.3, -0.25) is 19.9 Å². The number of aromatic amines is 2. The Morgan fingerprint density at radius 1 is 0.951 bits per heavy atom. The van der Waals surface area contributed by atoms with Crippen molar-refractivity contribution in [1.29, 1.82) is 0 Å². The summed E-state index contributed by atoms with van der Waals surface area (Å²) >= 11 is 0. The lowest BCUT2D eigenvalue weighted by atomic mass is 9.85. The number of halogens is 3. The van der Waals surface area contributed by atoms with Crippen LogP contribution in [0, 0.1) is 0 Å². The van der Waals surface area contributed by atoms with Gasteiger partial charge >= 0.3 is 6.18 Å². The molecule has 0 saturated carbocycles. The van der Waals surface area contributed by atoms with Gasteiger partial charge in [-0.25, -0.2) is 4.98 Å². The average Bonchev–Trinajstić information content (AvgIpc) is 3.65. The van der Waals surface area contributed by atoms with E-state index in [0.29, 0.717) is 54.3 Å². The van der Waals surface area contributed by atoms with Crippen molar-refractivity contribution >= 4 is 27.7 Å². The van der Waals surface area contributed by atoms with Crippen LogP contribution in [0.4, 0.5) is 13.2 Å². The summed E-state index contributed by atoms with van der Waals surface area (Å²) < 4.78 is 41.3. The number of benzene rings is 1. The molecule has 0 spiro atoms. The fraction of sp³-hybridized carbons (Fsp3) is 0.517. The maximum absolute atomic E-state index is 13.9. The number of nitrogens with zero attached hydrogens (tertiary/aromatic N) is 6. The lowest BCUT2D eigenvalue weighted by Crippen LogP contribution is -2.53. The molecule has 9 nitrogen and oxygen atoms in total. The molecule has 3 aliphatic rings. The maximum atomic E-state index is 13.9. The van der Waals surface area contributed by atoms with Crippen molar-refractivity contribution in [2.75, 3.05) is 46.3 Å². The zero-order chi connectivity index (χ0) is 28.3. The second-order valence-electron chi connectivity index (χ2n) is 11.6. The largest absolute Gasteiger partial charge is 0.435 e. The lowest BCUT2D eigenvalue weighted by Gasteiger charge is -2.42. The van der Waals surface area contributed by atoms with Crippen LogP contribution in [0.5, 0.6) is 0 Å². The number of fused-ring (bicyclic) bond motifs is 5. The highest BCUT2D eigenvalue weighted by atomic mass is 19.4. The summed E-state index contributed by atoms with van der Waals surface area (Å²) in [7, 11) is 2.15. The number of piperidine rings is 1. The van der Waals surface area contributed by atoms with Crippen molar-refractivity contribution in [3.63, 3.8) is 0 Å². The lowest BCUT2D eigenvalue weighted by molar-refractivity contribution is -0.140. The number of hydrogen-bond donors (Lipinski definition) is 2. The van der Waals surface area contributed by atoms with Crippen LogP contribution in [0.1, 0.15) is 53.0 Å². The number of alkyl halides is 3. The van der Waals surface area contributed by atoms with Crippen LogP contribution in [0.2, 0.25) is 0 Å². The number of pyridine rings is 1. The molecular weight excluding hydrogens is 533 g/mol. The van der Waals surface area contributed by atoms with Gasteiger partial charge in [0.1, 0.15) is 0 Å². The summed E-state index contributed by atoms with van der Waals surface area (Å²) in [4.78, 5) is 25.5. The minimum Gasteiger partial charge on any atom is -0.337 e. The van der Waals surface area contributed by atoms with Crippen LogP contribution in [0.25, 0.3) is 33.1 Å². The summed E-state index contributed by atoms with van der Waals surface area (Å²) in [6.45, 7) is 5.63. The van der Waals surface area contributed by atoms with E-state index in [1.807, 2.05) is 11.0 Å². The number of H-pyrrole nitrogens is 2. The first kappa shape index (κ1) is 26.4. The zero-order valence-electron chi connectivity index (χ0n) is 23.0. The highest BCUT2D eigenvalue weighted by Gasteiger charge is 2.38. The Labute approximate surface area is 235 Å². The van der Waals surface area contributed by atoms with E-state index in [-0.39, 0.29) is 11.5 Å². The van der Waals surface area contributed by atoms with Crippen molar-refractivity contribution in [1.82, 2.24) is 40.1 Å². The van der Waals surface area contributed by atoms with Crippen LogP contribution >= 0.6 is 0 Å². The van der Waals surface area contributed by atoms with E-state index in [1.54, 1.807) is 6.07 Å². The molecule has 5 heterocycles. The molecule has 0 radical (unpaired) electrons. The van der Waals surface area contributed by atoms with Crippen LogP contribution in [-0.4, -0.2) is 98.3 Å². The molecule has 0 unspecified atom stereocenters. The molecule has 0 atom stereocenters. The minimum atomic E-state index is -4.60. The molecule has 2 aliphatic heterocycles. The number of carbonyl (C=O) groups is 1. The molecule has 1 aromatic carbocycles. The summed E-state index contributed by atoms with van der Waals surface area (Å²) in [5.41, 5.74) is 2.74. The van der Waals surface area contributed by atoms with Gasteiger partial charge in [-0.1, -0.05) is 0 Å². The van der Waals surface area contributed by atoms with Crippen molar-refractivity contribution < 1.29 is 18.0 Å². The molecule has 3 aromatic heterocycles. The molecule has 2 fully saturated rings. The quantitative estimate of drug-likeness (QED) is 0.385. The standard InChI is InChI=1S/C29H33F3N8O/c1-38-12-14-39(15-13-38)17-8-10-40(11-9-17)28(41)26-24-22(35-36-26)7-6-21-23(24)18-4-2-3-5-19(18)25(34-21)20-16-33-37-27(20)29(30,31)32/h6-7,16-17H,2-5,8-15H2,1H3,(H,33,37)(H,35,36). The summed E-state index contributed by atoms with van der Waals surface area (Å²) in [6.07, 6.45) is 1.66. The Hall–Kier alpha value is -3.51. The van der Waals surface area contributed by atoms with Crippen LogP contribution in [0.15, 0.2) is 18.3 Å². The topological polar surface area (TPSA) is 97.0 Å². The fourth-order valence-corrected chi connectivity index (χ4v) is 6.97. The Morgan fingerprint density at radius 3 is 2.41 bits per heavy atom. The maximum Gasteiger partial charge on any atom is 0.435 e. The zero-order valence-corrected chi connectivity index (χ0v) is 23.0. The number of rotatable bonds is 3. The van der Waals surface area contributed by atoms with Gasteiger partial charge in [0.25, 0.3) is 5.91 Å². The van der Waals surface area contributed by atoms with Gasteiger partial charge in [-0.2, -0.15) is 23.4 Å². The SMILES string of the molecule is CN1CCN(C2CCN(C(=O)c3n[nH]c4ccc5nc(-c6c[nH]nc6C(F)(F)F)c6c(c5c34)CCCC6)CC2)CC1. The third-order valence-corrected chi connectivity index (χ3v) is 9.17. The second-order valence-corrected chi connectivity index (χ2v) is 11.6. The van der Waals surface area contributed by atoms with E-state index in [9.17, 15) is 18.0 Å². The number of aryl methyl sites for hydroxylation is 1. The van der Waals surface area contributed by atoms with Crippen LogP contribution in [-0.2, 0) is 19.0 Å². The van der Waals surface area contributed by atoms with Crippen molar-refractivity contribution in [2.45, 2.75) is 50.7 Å². The van der Waals surface area contributed by atoms with Gasteiger partial charge in [-0.05, 0) is 68.8 Å².